The minimum Gasteiger partial charge on any atom is -0.394 e. The molecule has 0 aromatic carbocycles. The molecule has 1 aromatic heterocycles. The lowest BCUT2D eigenvalue weighted by Gasteiger charge is -2.35. The zero-order valence-electron chi connectivity index (χ0n) is 10.3. The van der Waals surface area contributed by atoms with E-state index in [2.05, 4.69) is 29.1 Å². The molecular formula is C12H19ClN4. The Hall–Kier alpha value is -1.03. The lowest BCUT2D eigenvalue weighted by atomic mass is 9.78. The fourth-order valence-electron chi connectivity index (χ4n) is 2.45. The molecule has 1 aromatic rings. The van der Waals surface area contributed by atoms with Crippen LogP contribution in [0.25, 0.3) is 0 Å². The third-order valence-corrected chi connectivity index (χ3v) is 4.00. The maximum Gasteiger partial charge on any atom is 0.224 e. The van der Waals surface area contributed by atoms with Gasteiger partial charge in [0, 0.05) is 6.04 Å². The second-order valence-electron chi connectivity index (χ2n) is 4.96. The average Bonchev–Trinajstić information content (AvgIpc) is 2.30. The Morgan fingerprint density at radius 1 is 1.41 bits per heavy atom. The Bertz CT molecular complexity index is 396. The summed E-state index contributed by atoms with van der Waals surface area (Å²) in [5.74, 6) is 2.02. The first kappa shape index (κ1) is 12.4. The molecule has 1 heterocycles. The van der Waals surface area contributed by atoms with E-state index in [4.69, 9.17) is 17.3 Å². The number of aromatic nitrogens is 2. The summed E-state index contributed by atoms with van der Waals surface area (Å²) in [4.78, 5) is 8.00. The van der Waals surface area contributed by atoms with Gasteiger partial charge in [-0.1, -0.05) is 26.7 Å². The van der Waals surface area contributed by atoms with Crippen LogP contribution in [0.2, 0.25) is 5.28 Å². The highest BCUT2D eigenvalue weighted by Crippen LogP contribution is 2.32. The molecule has 0 bridgehead atoms. The SMILES string of the molecule is CC1CCCC(Nc2nc(Cl)ncc2N)C1C. The quantitative estimate of drug-likeness (QED) is 0.797. The van der Waals surface area contributed by atoms with Gasteiger partial charge < -0.3 is 11.1 Å². The van der Waals surface area contributed by atoms with E-state index in [0.29, 0.717) is 23.5 Å². The standard InChI is InChI=1S/C12H19ClN4/c1-7-4-3-5-10(8(7)2)16-11-9(14)6-15-12(13)17-11/h6-8,10H,3-5,14H2,1-2H3,(H,15,16,17). The second-order valence-corrected chi connectivity index (χ2v) is 5.30. The summed E-state index contributed by atoms with van der Waals surface area (Å²) >= 11 is 5.78. The van der Waals surface area contributed by atoms with Gasteiger partial charge in [-0.05, 0) is 29.9 Å². The number of nitrogens with one attached hydrogen (secondary N) is 1. The first-order valence-electron chi connectivity index (χ1n) is 6.12. The fraction of sp³-hybridized carbons (Fsp3) is 0.667. The molecule has 5 heteroatoms. The first-order chi connectivity index (χ1) is 8.08. The molecule has 94 valence electrons. The fourth-order valence-corrected chi connectivity index (χ4v) is 2.58. The summed E-state index contributed by atoms with van der Waals surface area (Å²) in [7, 11) is 0. The molecule has 1 fully saturated rings. The van der Waals surface area contributed by atoms with Crippen molar-refractivity contribution in [3.63, 3.8) is 0 Å². The number of anilines is 2. The third kappa shape index (κ3) is 2.80. The number of nitrogens with zero attached hydrogens (tertiary/aromatic N) is 2. The Morgan fingerprint density at radius 2 is 2.18 bits per heavy atom. The molecule has 0 amide bonds. The van der Waals surface area contributed by atoms with Gasteiger partial charge in [0.1, 0.15) is 0 Å². The van der Waals surface area contributed by atoms with Crippen molar-refractivity contribution in [2.45, 2.75) is 39.2 Å². The van der Waals surface area contributed by atoms with Crippen molar-refractivity contribution in [2.75, 3.05) is 11.1 Å². The minimum atomic E-state index is 0.234. The van der Waals surface area contributed by atoms with Crippen LogP contribution < -0.4 is 11.1 Å². The highest BCUT2D eigenvalue weighted by molar-refractivity contribution is 6.28. The van der Waals surface area contributed by atoms with Crippen LogP contribution in [-0.2, 0) is 0 Å². The van der Waals surface area contributed by atoms with E-state index >= 15 is 0 Å². The minimum absolute atomic E-state index is 0.234. The summed E-state index contributed by atoms with van der Waals surface area (Å²) in [6.45, 7) is 4.58. The molecule has 2 rings (SSSR count). The van der Waals surface area contributed by atoms with Crippen LogP contribution in [0.4, 0.5) is 11.5 Å². The smallest absolute Gasteiger partial charge is 0.224 e. The van der Waals surface area contributed by atoms with Crippen LogP contribution in [0.1, 0.15) is 33.1 Å². The van der Waals surface area contributed by atoms with Crippen molar-refractivity contribution in [3.05, 3.63) is 11.5 Å². The second kappa shape index (κ2) is 5.08. The normalized spacial score (nSPS) is 29.0. The van der Waals surface area contributed by atoms with E-state index in [9.17, 15) is 0 Å². The number of halogens is 1. The van der Waals surface area contributed by atoms with Crippen molar-refractivity contribution in [1.82, 2.24) is 9.97 Å². The summed E-state index contributed by atoms with van der Waals surface area (Å²) < 4.78 is 0. The van der Waals surface area contributed by atoms with Crippen LogP contribution in [0.15, 0.2) is 6.20 Å². The van der Waals surface area contributed by atoms with Crippen molar-refractivity contribution >= 4 is 23.1 Å². The van der Waals surface area contributed by atoms with Crippen molar-refractivity contribution in [3.8, 4) is 0 Å². The summed E-state index contributed by atoms with van der Waals surface area (Å²) in [6, 6.07) is 0.423. The number of nitrogens with two attached hydrogens (primary N) is 1. The summed E-state index contributed by atoms with van der Waals surface area (Å²) in [5, 5.41) is 3.64. The van der Waals surface area contributed by atoms with E-state index in [1.54, 1.807) is 6.20 Å². The molecule has 0 saturated heterocycles. The molecule has 1 aliphatic rings. The number of rotatable bonds is 2. The van der Waals surface area contributed by atoms with E-state index in [0.717, 1.165) is 12.3 Å². The van der Waals surface area contributed by atoms with Crippen LogP contribution in [0, 0.1) is 11.8 Å². The average molecular weight is 255 g/mol. The maximum atomic E-state index is 5.84. The first-order valence-corrected chi connectivity index (χ1v) is 6.50. The lowest BCUT2D eigenvalue weighted by molar-refractivity contribution is 0.253. The lowest BCUT2D eigenvalue weighted by Crippen LogP contribution is -2.35. The van der Waals surface area contributed by atoms with Crippen LogP contribution in [0.5, 0.6) is 0 Å². The van der Waals surface area contributed by atoms with Gasteiger partial charge in [-0.2, -0.15) is 4.98 Å². The van der Waals surface area contributed by atoms with Crippen LogP contribution in [0.3, 0.4) is 0 Å². The maximum absolute atomic E-state index is 5.84. The molecule has 3 N–H and O–H groups in total. The number of nitrogen functional groups attached to an aromatic ring is 1. The van der Waals surface area contributed by atoms with Gasteiger partial charge in [-0.3, -0.25) is 0 Å². The largest absolute Gasteiger partial charge is 0.394 e. The molecule has 0 radical (unpaired) electrons. The molecular weight excluding hydrogens is 236 g/mol. The van der Waals surface area contributed by atoms with E-state index in [-0.39, 0.29) is 5.28 Å². The van der Waals surface area contributed by atoms with Gasteiger partial charge >= 0.3 is 0 Å². The molecule has 1 aliphatic carbocycles. The highest BCUT2D eigenvalue weighted by Gasteiger charge is 2.27. The molecule has 4 nitrogen and oxygen atoms in total. The number of hydrogen-bond acceptors (Lipinski definition) is 4. The van der Waals surface area contributed by atoms with E-state index < -0.39 is 0 Å². The third-order valence-electron chi connectivity index (χ3n) is 3.82. The van der Waals surface area contributed by atoms with Crippen LogP contribution >= 0.6 is 11.6 Å². The van der Waals surface area contributed by atoms with Gasteiger partial charge in [-0.15, -0.1) is 0 Å². The Kier molecular flexibility index (Phi) is 3.72. The molecule has 3 atom stereocenters. The zero-order chi connectivity index (χ0) is 12.4. The Morgan fingerprint density at radius 3 is 2.94 bits per heavy atom. The van der Waals surface area contributed by atoms with Gasteiger partial charge in [0.05, 0.1) is 11.9 Å². The van der Waals surface area contributed by atoms with Crippen molar-refractivity contribution in [2.24, 2.45) is 11.8 Å². The molecule has 0 aliphatic heterocycles. The van der Waals surface area contributed by atoms with E-state index in [1.165, 1.54) is 12.8 Å². The molecule has 0 spiro atoms. The van der Waals surface area contributed by atoms with Crippen molar-refractivity contribution in [1.29, 1.82) is 0 Å². The van der Waals surface area contributed by atoms with Gasteiger partial charge in [-0.25, -0.2) is 4.98 Å². The molecule has 3 unspecified atom stereocenters. The Balaban J connectivity index is 2.11. The molecule has 17 heavy (non-hydrogen) atoms. The van der Waals surface area contributed by atoms with Crippen molar-refractivity contribution < 1.29 is 0 Å². The summed E-state index contributed by atoms with van der Waals surface area (Å²) in [6.07, 6.45) is 5.27. The monoisotopic (exact) mass is 254 g/mol. The topological polar surface area (TPSA) is 63.8 Å². The van der Waals surface area contributed by atoms with E-state index in [1.807, 2.05) is 0 Å². The van der Waals surface area contributed by atoms with Crippen LogP contribution in [-0.4, -0.2) is 16.0 Å². The number of hydrogen-bond donors (Lipinski definition) is 2. The predicted molar refractivity (Wildman–Crippen MR) is 71.0 cm³/mol. The molecule has 1 saturated carbocycles. The predicted octanol–water partition coefficient (Wildman–Crippen LogP) is 2.95. The van der Waals surface area contributed by atoms with Gasteiger partial charge in [0.15, 0.2) is 5.82 Å². The highest BCUT2D eigenvalue weighted by atomic mass is 35.5. The Labute approximate surface area is 107 Å². The van der Waals surface area contributed by atoms with Gasteiger partial charge in [0.2, 0.25) is 5.28 Å². The van der Waals surface area contributed by atoms with Gasteiger partial charge in [0.25, 0.3) is 0 Å². The summed E-state index contributed by atoms with van der Waals surface area (Å²) in [5.41, 5.74) is 6.40. The zero-order valence-corrected chi connectivity index (χ0v) is 11.0.